The second-order valence-corrected chi connectivity index (χ2v) is 5.42. The largest absolute Gasteiger partial charge is 0.344 e. The Balaban J connectivity index is 1.72. The van der Waals surface area contributed by atoms with Crippen molar-refractivity contribution in [1.29, 1.82) is 0 Å². The molecule has 2 aromatic rings. The third kappa shape index (κ3) is 3.19. The van der Waals surface area contributed by atoms with Gasteiger partial charge in [-0.25, -0.2) is 8.78 Å². The smallest absolute Gasteiger partial charge is 0.173 e. The van der Waals surface area contributed by atoms with Gasteiger partial charge in [0.15, 0.2) is 5.11 Å². The molecular weight excluding hydrogens is 290 g/mol. The molecule has 0 bridgehead atoms. The molecule has 0 aromatic heterocycles. The summed E-state index contributed by atoms with van der Waals surface area (Å²) in [6, 6.07) is 11.5. The first-order chi connectivity index (χ1) is 10.1. The number of halogens is 2. The molecule has 1 N–H and O–H groups in total. The van der Waals surface area contributed by atoms with E-state index in [2.05, 4.69) is 17.4 Å². The van der Waals surface area contributed by atoms with E-state index in [1.807, 2.05) is 17.0 Å². The number of benzene rings is 2. The van der Waals surface area contributed by atoms with E-state index in [9.17, 15) is 8.78 Å². The van der Waals surface area contributed by atoms with Gasteiger partial charge in [-0.15, -0.1) is 0 Å². The van der Waals surface area contributed by atoms with Crippen LogP contribution in [0.15, 0.2) is 42.5 Å². The Kier molecular flexibility index (Phi) is 3.84. The van der Waals surface area contributed by atoms with Crippen LogP contribution in [0.4, 0.5) is 14.5 Å². The maximum Gasteiger partial charge on any atom is 0.173 e. The SMILES string of the molecule is Fc1cc(F)cc(NC(=S)N2CCc3ccccc3C2)c1. The number of rotatable bonds is 1. The summed E-state index contributed by atoms with van der Waals surface area (Å²) in [7, 11) is 0. The van der Waals surface area contributed by atoms with Crippen molar-refractivity contribution in [3.8, 4) is 0 Å². The maximum absolute atomic E-state index is 13.2. The highest BCUT2D eigenvalue weighted by molar-refractivity contribution is 7.80. The van der Waals surface area contributed by atoms with Crippen molar-refractivity contribution < 1.29 is 8.78 Å². The highest BCUT2D eigenvalue weighted by Gasteiger charge is 2.18. The number of hydrogen-bond donors (Lipinski definition) is 1. The zero-order chi connectivity index (χ0) is 14.8. The number of nitrogens with one attached hydrogen (secondary N) is 1. The molecule has 1 heterocycles. The van der Waals surface area contributed by atoms with Crippen molar-refractivity contribution in [3.63, 3.8) is 0 Å². The summed E-state index contributed by atoms with van der Waals surface area (Å²) < 4.78 is 26.4. The van der Waals surface area contributed by atoms with Gasteiger partial charge in [-0.3, -0.25) is 0 Å². The van der Waals surface area contributed by atoms with E-state index in [1.54, 1.807) is 0 Å². The molecule has 0 radical (unpaired) electrons. The molecule has 21 heavy (non-hydrogen) atoms. The Hall–Kier alpha value is -2.01. The van der Waals surface area contributed by atoms with E-state index in [0.29, 0.717) is 17.3 Å². The summed E-state index contributed by atoms with van der Waals surface area (Å²) in [5.41, 5.74) is 2.89. The second-order valence-electron chi connectivity index (χ2n) is 5.03. The predicted octanol–water partition coefficient (Wildman–Crippen LogP) is 3.72. The fourth-order valence-corrected chi connectivity index (χ4v) is 2.77. The molecule has 0 saturated heterocycles. The number of thiocarbonyl (C=S) groups is 1. The molecule has 0 fully saturated rings. The van der Waals surface area contributed by atoms with Gasteiger partial charge >= 0.3 is 0 Å². The van der Waals surface area contributed by atoms with Crippen LogP contribution in [-0.2, 0) is 13.0 Å². The van der Waals surface area contributed by atoms with Crippen LogP contribution in [0.5, 0.6) is 0 Å². The lowest BCUT2D eigenvalue weighted by Gasteiger charge is -2.31. The predicted molar refractivity (Wildman–Crippen MR) is 83.1 cm³/mol. The molecule has 108 valence electrons. The highest BCUT2D eigenvalue weighted by Crippen LogP contribution is 2.20. The van der Waals surface area contributed by atoms with Gasteiger partial charge in [0.1, 0.15) is 11.6 Å². The van der Waals surface area contributed by atoms with Crippen LogP contribution in [0.3, 0.4) is 0 Å². The molecule has 0 atom stereocenters. The third-order valence-electron chi connectivity index (χ3n) is 3.53. The Labute approximate surface area is 127 Å². The van der Waals surface area contributed by atoms with Gasteiger partial charge in [-0.05, 0) is 41.9 Å². The van der Waals surface area contributed by atoms with Gasteiger partial charge in [0.2, 0.25) is 0 Å². The Bertz CT molecular complexity index is 667. The van der Waals surface area contributed by atoms with Crippen LogP contribution in [0.1, 0.15) is 11.1 Å². The van der Waals surface area contributed by atoms with E-state index in [4.69, 9.17) is 12.2 Å². The molecule has 1 aliphatic rings. The van der Waals surface area contributed by atoms with E-state index in [1.165, 1.54) is 23.3 Å². The monoisotopic (exact) mass is 304 g/mol. The quantitative estimate of drug-likeness (QED) is 0.808. The number of nitrogens with zero attached hydrogens (tertiary/aromatic N) is 1. The maximum atomic E-state index is 13.2. The fourth-order valence-electron chi connectivity index (χ4n) is 2.50. The number of fused-ring (bicyclic) bond motifs is 1. The van der Waals surface area contributed by atoms with Gasteiger partial charge in [0.25, 0.3) is 0 Å². The first kappa shape index (κ1) is 13.9. The van der Waals surface area contributed by atoms with Gasteiger partial charge in [0, 0.05) is 24.8 Å². The average Bonchev–Trinajstić information content (AvgIpc) is 2.45. The zero-order valence-corrected chi connectivity index (χ0v) is 12.1. The van der Waals surface area contributed by atoms with E-state index in [-0.39, 0.29) is 0 Å². The highest BCUT2D eigenvalue weighted by atomic mass is 32.1. The topological polar surface area (TPSA) is 15.3 Å². The Morgan fingerprint density at radius 2 is 1.71 bits per heavy atom. The normalized spacial score (nSPS) is 13.7. The van der Waals surface area contributed by atoms with E-state index in [0.717, 1.165) is 19.0 Å². The van der Waals surface area contributed by atoms with Crippen LogP contribution in [0.25, 0.3) is 0 Å². The molecule has 3 rings (SSSR count). The van der Waals surface area contributed by atoms with Crippen molar-refractivity contribution in [3.05, 3.63) is 65.2 Å². The van der Waals surface area contributed by atoms with Crippen molar-refractivity contribution in [2.75, 3.05) is 11.9 Å². The van der Waals surface area contributed by atoms with Crippen molar-refractivity contribution in [2.24, 2.45) is 0 Å². The molecule has 0 saturated carbocycles. The van der Waals surface area contributed by atoms with Crippen LogP contribution in [0, 0.1) is 11.6 Å². The summed E-state index contributed by atoms with van der Waals surface area (Å²) in [6.07, 6.45) is 0.912. The summed E-state index contributed by atoms with van der Waals surface area (Å²) in [6.45, 7) is 1.50. The first-order valence-corrected chi connectivity index (χ1v) is 7.11. The molecule has 0 amide bonds. The van der Waals surface area contributed by atoms with Crippen LogP contribution in [-0.4, -0.2) is 16.6 Å². The molecule has 5 heteroatoms. The lowest BCUT2D eigenvalue weighted by Crippen LogP contribution is -2.38. The van der Waals surface area contributed by atoms with Crippen LogP contribution < -0.4 is 5.32 Å². The molecule has 1 aliphatic heterocycles. The Morgan fingerprint density at radius 1 is 1.05 bits per heavy atom. The zero-order valence-electron chi connectivity index (χ0n) is 11.3. The van der Waals surface area contributed by atoms with Crippen LogP contribution in [0.2, 0.25) is 0 Å². The lowest BCUT2D eigenvalue weighted by molar-refractivity contribution is 0.399. The van der Waals surface area contributed by atoms with E-state index >= 15 is 0 Å². The molecule has 0 aliphatic carbocycles. The molecule has 0 spiro atoms. The van der Waals surface area contributed by atoms with Gasteiger partial charge in [-0.2, -0.15) is 0 Å². The minimum absolute atomic E-state index is 0.330. The second kappa shape index (κ2) is 5.77. The standard InChI is InChI=1S/C16H14F2N2S/c17-13-7-14(18)9-15(8-13)19-16(21)20-6-5-11-3-1-2-4-12(11)10-20/h1-4,7-9H,5-6,10H2,(H,19,21). The van der Waals surface area contributed by atoms with Gasteiger partial charge in [-0.1, -0.05) is 24.3 Å². The molecule has 2 aromatic carbocycles. The minimum atomic E-state index is -0.621. The van der Waals surface area contributed by atoms with Crippen LogP contribution >= 0.6 is 12.2 Å². The van der Waals surface area contributed by atoms with Gasteiger partial charge < -0.3 is 10.2 Å². The first-order valence-electron chi connectivity index (χ1n) is 6.70. The van der Waals surface area contributed by atoms with Gasteiger partial charge in [0.05, 0.1) is 0 Å². The lowest BCUT2D eigenvalue weighted by atomic mass is 10.0. The molecule has 2 nitrogen and oxygen atoms in total. The number of anilines is 1. The average molecular weight is 304 g/mol. The Morgan fingerprint density at radius 3 is 2.43 bits per heavy atom. The van der Waals surface area contributed by atoms with Crippen molar-refractivity contribution >= 4 is 23.0 Å². The molecular formula is C16H14F2N2S. The van der Waals surface area contributed by atoms with E-state index < -0.39 is 11.6 Å². The summed E-state index contributed by atoms with van der Waals surface area (Å²) in [4.78, 5) is 2.00. The summed E-state index contributed by atoms with van der Waals surface area (Å²) in [5.74, 6) is -1.24. The van der Waals surface area contributed by atoms with Crippen molar-refractivity contribution in [2.45, 2.75) is 13.0 Å². The minimum Gasteiger partial charge on any atom is -0.344 e. The summed E-state index contributed by atoms with van der Waals surface area (Å²) in [5, 5.41) is 3.38. The fraction of sp³-hybridized carbons (Fsp3) is 0.188. The third-order valence-corrected chi connectivity index (χ3v) is 3.89. The number of hydrogen-bond acceptors (Lipinski definition) is 1. The summed E-state index contributed by atoms with van der Waals surface area (Å²) >= 11 is 5.34. The molecule has 0 unspecified atom stereocenters. The van der Waals surface area contributed by atoms with Crippen molar-refractivity contribution in [1.82, 2.24) is 4.90 Å².